The Balaban J connectivity index is 2.26. The zero-order valence-corrected chi connectivity index (χ0v) is 9.84. The summed E-state index contributed by atoms with van der Waals surface area (Å²) in [7, 11) is 2.91. The molecule has 0 saturated heterocycles. The van der Waals surface area contributed by atoms with E-state index in [9.17, 15) is 4.79 Å². The minimum atomic E-state index is -0.533. The monoisotopic (exact) mass is 237 g/mol. The molecule has 6 nitrogen and oxygen atoms in total. The number of carbonyl (C=O) groups is 1. The van der Waals surface area contributed by atoms with Crippen molar-refractivity contribution in [3.05, 3.63) is 17.6 Å². The van der Waals surface area contributed by atoms with Crippen molar-refractivity contribution in [2.45, 2.75) is 18.9 Å². The lowest BCUT2D eigenvalue weighted by molar-refractivity contribution is 0.0598. The molecule has 1 aromatic heterocycles. The summed E-state index contributed by atoms with van der Waals surface area (Å²) in [4.78, 5) is 19.6. The topological polar surface area (TPSA) is 87.3 Å². The molecule has 0 spiro atoms. The van der Waals surface area contributed by atoms with Crippen molar-refractivity contribution in [1.29, 1.82) is 0 Å². The van der Waals surface area contributed by atoms with Gasteiger partial charge >= 0.3 is 5.97 Å². The summed E-state index contributed by atoms with van der Waals surface area (Å²) in [6.07, 6.45) is 3.47. The number of rotatable bonds is 4. The van der Waals surface area contributed by atoms with Gasteiger partial charge in [-0.1, -0.05) is 0 Å². The molecule has 17 heavy (non-hydrogen) atoms. The van der Waals surface area contributed by atoms with Crippen molar-refractivity contribution < 1.29 is 14.3 Å². The number of carbonyl (C=O) groups excluding carboxylic acids is 1. The van der Waals surface area contributed by atoms with Crippen molar-refractivity contribution in [3.63, 3.8) is 0 Å². The summed E-state index contributed by atoms with van der Waals surface area (Å²) in [6, 6.07) is 0. The molecule has 2 rings (SSSR count). The van der Waals surface area contributed by atoms with Gasteiger partial charge in [-0.15, -0.1) is 0 Å². The fourth-order valence-corrected chi connectivity index (χ4v) is 1.72. The van der Waals surface area contributed by atoms with Crippen LogP contribution in [0.5, 0.6) is 0 Å². The van der Waals surface area contributed by atoms with Crippen LogP contribution in [0.3, 0.4) is 0 Å². The lowest BCUT2D eigenvalue weighted by Crippen LogP contribution is -2.14. The molecule has 1 aliphatic carbocycles. The van der Waals surface area contributed by atoms with Gasteiger partial charge in [0.05, 0.1) is 7.11 Å². The molecular formula is C11H15N3O3. The van der Waals surface area contributed by atoms with Gasteiger partial charge in [-0.3, -0.25) is 0 Å². The number of ether oxygens (including phenoxy) is 2. The lowest BCUT2D eigenvalue weighted by Gasteiger charge is -2.13. The van der Waals surface area contributed by atoms with E-state index in [1.165, 1.54) is 13.3 Å². The van der Waals surface area contributed by atoms with Crippen LogP contribution in [0, 0.1) is 5.92 Å². The van der Waals surface area contributed by atoms with Gasteiger partial charge in [-0.05, 0) is 18.8 Å². The maximum atomic E-state index is 11.3. The highest BCUT2D eigenvalue weighted by atomic mass is 16.5. The van der Waals surface area contributed by atoms with E-state index in [0.717, 1.165) is 12.8 Å². The number of hydrogen-bond acceptors (Lipinski definition) is 6. The number of nitrogens with zero attached hydrogens (tertiary/aromatic N) is 2. The molecule has 1 atom stereocenters. The minimum absolute atomic E-state index is 0.129. The molecule has 0 bridgehead atoms. The second kappa shape index (κ2) is 4.67. The lowest BCUT2D eigenvalue weighted by atomic mass is 10.2. The summed E-state index contributed by atoms with van der Waals surface area (Å²) in [6.45, 7) is 0. The molecule has 0 radical (unpaired) electrons. The van der Waals surface area contributed by atoms with Gasteiger partial charge in [0.15, 0.2) is 5.82 Å². The van der Waals surface area contributed by atoms with Gasteiger partial charge in [0.1, 0.15) is 17.5 Å². The van der Waals surface area contributed by atoms with E-state index in [1.54, 1.807) is 7.11 Å². The Kier molecular flexibility index (Phi) is 3.23. The summed E-state index contributed by atoms with van der Waals surface area (Å²) < 4.78 is 9.92. The fourth-order valence-electron chi connectivity index (χ4n) is 1.72. The van der Waals surface area contributed by atoms with Crippen LogP contribution in [-0.4, -0.2) is 30.2 Å². The Morgan fingerprint density at radius 2 is 2.24 bits per heavy atom. The van der Waals surface area contributed by atoms with E-state index in [-0.39, 0.29) is 17.5 Å². The molecule has 0 aliphatic heterocycles. The highest BCUT2D eigenvalue weighted by Crippen LogP contribution is 2.41. The molecule has 1 fully saturated rings. The van der Waals surface area contributed by atoms with E-state index < -0.39 is 5.97 Å². The van der Waals surface area contributed by atoms with Gasteiger partial charge in [-0.2, -0.15) is 0 Å². The molecular weight excluding hydrogens is 222 g/mol. The molecule has 92 valence electrons. The van der Waals surface area contributed by atoms with Crippen LogP contribution in [-0.2, 0) is 9.47 Å². The van der Waals surface area contributed by atoms with E-state index in [1.807, 2.05) is 0 Å². The fraction of sp³-hybridized carbons (Fsp3) is 0.545. The quantitative estimate of drug-likeness (QED) is 0.784. The first-order chi connectivity index (χ1) is 8.17. The molecule has 1 aliphatic rings. The number of nitrogens with two attached hydrogens (primary N) is 1. The maximum Gasteiger partial charge on any atom is 0.343 e. The normalized spacial score (nSPS) is 16.6. The summed E-state index contributed by atoms with van der Waals surface area (Å²) in [5, 5.41) is 0. The number of methoxy groups -OCH3 is 2. The van der Waals surface area contributed by atoms with Crippen molar-refractivity contribution in [1.82, 2.24) is 9.97 Å². The molecule has 1 aromatic rings. The number of nitrogen functional groups attached to an aromatic ring is 1. The van der Waals surface area contributed by atoms with Crippen LogP contribution in [0.2, 0.25) is 0 Å². The largest absolute Gasteiger partial charge is 0.465 e. The van der Waals surface area contributed by atoms with E-state index in [4.69, 9.17) is 10.5 Å². The van der Waals surface area contributed by atoms with Crippen molar-refractivity contribution in [2.24, 2.45) is 5.92 Å². The smallest absolute Gasteiger partial charge is 0.343 e. The third kappa shape index (κ3) is 2.36. The predicted octanol–water partition coefficient (Wildman–Crippen LogP) is 0.943. The Bertz CT molecular complexity index is 432. The number of anilines is 1. The molecule has 0 amide bonds. The highest BCUT2D eigenvalue weighted by Gasteiger charge is 2.34. The maximum absolute atomic E-state index is 11.3. The summed E-state index contributed by atoms with van der Waals surface area (Å²) >= 11 is 0. The SMILES string of the molecule is COC(=O)c1cnc(C(OC)C2CC2)nc1N. The Labute approximate surface area is 99.1 Å². The molecule has 0 aromatic carbocycles. The Morgan fingerprint density at radius 1 is 1.53 bits per heavy atom. The standard InChI is InChI=1S/C11H15N3O3/c1-16-8(6-3-4-6)10-13-5-7(9(12)14-10)11(15)17-2/h5-6,8H,3-4H2,1-2H3,(H2,12,13,14). The average Bonchev–Trinajstić information content (AvgIpc) is 3.14. The molecule has 1 heterocycles. The van der Waals surface area contributed by atoms with Crippen LogP contribution in [0.1, 0.15) is 35.1 Å². The zero-order valence-electron chi connectivity index (χ0n) is 9.84. The predicted molar refractivity (Wildman–Crippen MR) is 60.3 cm³/mol. The first kappa shape index (κ1) is 11.8. The number of hydrogen-bond donors (Lipinski definition) is 1. The minimum Gasteiger partial charge on any atom is -0.465 e. The van der Waals surface area contributed by atoms with Crippen LogP contribution >= 0.6 is 0 Å². The van der Waals surface area contributed by atoms with Crippen LogP contribution < -0.4 is 5.73 Å². The first-order valence-corrected chi connectivity index (χ1v) is 5.41. The zero-order chi connectivity index (χ0) is 12.4. The van der Waals surface area contributed by atoms with E-state index in [0.29, 0.717) is 11.7 Å². The van der Waals surface area contributed by atoms with Gasteiger partial charge in [-0.25, -0.2) is 14.8 Å². The first-order valence-electron chi connectivity index (χ1n) is 5.41. The summed E-state index contributed by atoms with van der Waals surface area (Å²) in [5.74, 6) is 0.586. The van der Waals surface area contributed by atoms with Gasteiger partial charge < -0.3 is 15.2 Å². The number of aromatic nitrogens is 2. The van der Waals surface area contributed by atoms with Gasteiger partial charge in [0, 0.05) is 13.3 Å². The molecule has 2 N–H and O–H groups in total. The second-order valence-corrected chi connectivity index (χ2v) is 4.01. The van der Waals surface area contributed by atoms with Crippen LogP contribution in [0.4, 0.5) is 5.82 Å². The third-order valence-corrected chi connectivity index (χ3v) is 2.80. The highest BCUT2D eigenvalue weighted by molar-refractivity contribution is 5.93. The number of esters is 1. The molecule has 1 unspecified atom stereocenters. The second-order valence-electron chi connectivity index (χ2n) is 4.01. The van der Waals surface area contributed by atoms with Gasteiger partial charge in [0.2, 0.25) is 0 Å². The average molecular weight is 237 g/mol. The van der Waals surface area contributed by atoms with Crippen molar-refractivity contribution >= 4 is 11.8 Å². The Morgan fingerprint density at radius 3 is 2.71 bits per heavy atom. The van der Waals surface area contributed by atoms with Gasteiger partial charge in [0.25, 0.3) is 0 Å². The van der Waals surface area contributed by atoms with E-state index in [2.05, 4.69) is 14.7 Å². The van der Waals surface area contributed by atoms with Crippen molar-refractivity contribution in [2.75, 3.05) is 20.0 Å². The molecule has 6 heteroatoms. The van der Waals surface area contributed by atoms with Crippen molar-refractivity contribution in [3.8, 4) is 0 Å². The van der Waals surface area contributed by atoms with E-state index >= 15 is 0 Å². The van der Waals surface area contributed by atoms with Crippen LogP contribution in [0.25, 0.3) is 0 Å². The Hall–Kier alpha value is -1.69. The summed E-state index contributed by atoms with van der Waals surface area (Å²) in [5.41, 5.74) is 5.89. The molecule has 1 saturated carbocycles. The third-order valence-electron chi connectivity index (χ3n) is 2.80. The van der Waals surface area contributed by atoms with Crippen LogP contribution in [0.15, 0.2) is 6.20 Å².